The number of ether oxygens (including phenoxy) is 1. The third-order valence-electron chi connectivity index (χ3n) is 3.31. The van der Waals surface area contributed by atoms with Crippen LogP contribution in [0.15, 0.2) is 35.2 Å². The lowest BCUT2D eigenvalue weighted by Gasteiger charge is -2.14. The Morgan fingerprint density at radius 3 is 2.27 bits per heavy atom. The van der Waals surface area contributed by atoms with E-state index in [9.17, 15) is 26.0 Å². The zero-order valence-corrected chi connectivity index (χ0v) is 13.7. The van der Waals surface area contributed by atoms with Gasteiger partial charge in [-0.2, -0.15) is 23.7 Å². The normalized spacial score (nSPS) is 11.5. The highest BCUT2D eigenvalue weighted by Gasteiger charge is 2.48. The van der Waals surface area contributed by atoms with Crippen molar-refractivity contribution in [1.82, 2.24) is 0 Å². The SMILES string of the molecule is Cc1c(Oc2cc(F)cc(C#N)c2)ccc(S(=O)(=O)C(F)(F)F)c1C#N. The Morgan fingerprint density at radius 1 is 1.08 bits per heavy atom. The van der Waals surface area contributed by atoms with Crippen LogP contribution >= 0.6 is 0 Å². The predicted molar refractivity (Wildman–Crippen MR) is 80.3 cm³/mol. The molecular formula is C16H8F4N2O3S. The van der Waals surface area contributed by atoms with Crippen LogP contribution in [0.4, 0.5) is 17.6 Å². The molecule has 0 amide bonds. The summed E-state index contributed by atoms with van der Waals surface area (Å²) in [5.41, 5.74) is -6.55. The standard InChI is InChI=1S/C16H8F4N2O3S/c1-9-13(8-22)15(26(23,24)16(18,19)20)3-2-14(9)25-12-5-10(7-21)4-11(17)6-12/h2-6H,1H3. The average Bonchev–Trinajstić information content (AvgIpc) is 2.54. The quantitative estimate of drug-likeness (QED) is 0.747. The summed E-state index contributed by atoms with van der Waals surface area (Å²) in [7, 11) is -5.73. The summed E-state index contributed by atoms with van der Waals surface area (Å²) in [6.07, 6.45) is 0. The van der Waals surface area contributed by atoms with Crippen molar-refractivity contribution < 1.29 is 30.7 Å². The molecule has 134 valence electrons. The fraction of sp³-hybridized carbons (Fsp3) is 0.125. The van der Waals surface area contributed by atoms with E-state index in [1.165, 1.54) is 19.1 Å². The molecule has 0 atom stereocenters. The van der Waals surface area contributed by atoms with Gasteiger partial charge in [0.05, 0.1) is 22.1 Å². The van der Waals surface area contributed by atoms with E-state index in [4.69, 9.17) is 15.3 Å². The van der Waals surface area contributed by atoms with E-state index in [0.29, 0.717) is 6.07 Å². The molecule has 0 aliphatic rings. The number of rotatable bonds is 3. The van der Waals surface area contributed by atoms with Crippen molar-refractivity contribution in [3.63, 3.8) is 0 Å². The van der Waals surface area contributed by atoms with Gasteiger partial charge < -0.3 is 4.74 Å². The van der Waals surface area contributed by atoms with Crippen LogP contribution < -0.4 is 4.74 Å². The highest BCUT2D eigenvalue weighted by atomic mass is 32.2. The molecule has 0 heterocycles. The lowest BCUT2D eigenvalue weighted by molar-refractivity contribution is -0.0436. The van der Waals surface area contributed by atoms with Gasteiger partial charge in [-0.25, -0.2) is 12.8 Å². The molecule has 2 aromatic rings. The second-order valence-electron chi connectivity index (χ2n) is 5.01. The lowest BCUT2D eigenvalue weighted by atomic mass is 10.1. The summed E-state index contributed by atoms with van der Waals surface area (Å²) in [6, 6.07) is 7.67. The van der Waals surface area contributed by atoms with Gasteiger partial charge in [0.15, 0.2) is 0 Å². The van der Waals surface area contributed by atoms with Crippen LogP contribution in [0.25, 0.3) is 0 Å². The van der Waals surface area contributed by atoms with Gasteiger partial charge in [-0.05, 0) is 31.2 Å². The number of sulfone groups is 1. The van der Waals surface area contributed by atoms with Crippen LogP contribution in [0, 0.1) is 35.4 Å². The zero-order chi connectivity index (χ0) is 19.7. The van der Waals surface area contributed by atoms with Crippen molar-refractivity contribution in [2.24, 2.45) is 0 Å². The molecule has 0 aliphatic heterocycles. The number of alkyl halides is 3. The second kappa shape index (κ2) is 6.65. The maximum absolute atomic E-state index is 13.4. The Hall–Kier alpha value is -3.11. The van der Waals surface area contributed by atoms with Crippen molar-refractivity contribution in [3.8, 4) is 23.6 Å². The second-order valence-corrected chi connectivity index (χ2v) is 6.92. The first kappa shape index (κ1) is 19.2. The summed E-state index contributed by atoms with van der Waals surface area (Å²) < 4.78 is 80.1. The summed E-state index contributed by atoms with van der Waals surface area (Å²) in [6.45, 7) is 1.19. The Morgan fingerprint density at radius 2 is 1.73 bits per heavy atom. The molecule has 0 fully saturated rings. The smallest absolute Gasteiger partial charge is 0.457 e. The maximum Gasteiger partial charge on any atom is 0.501 e. The van der Waals surface area contributed by atoms with Crippen LogP contribution in [0.2, 0.25) is 0 Å². The topological polar surface area (TPSA) is 90.9 Å². The number of hydrogen-bond acceptors (Lipinski definition) is 5. The van der Waals surface area contributed by atoms with Crippen LogP contribution in [0.1, 0.15) is 16.7 Å². The molecule has 5 nitrogen and oxygen atoms in total. The van der Waals surface area contributed by atoms with Crippen molar-refractivity contribution in [1.29, 1.82) is 10.5 Å². The van der Waals surface area contributed by atoms with Gasteiger partial charge in [0.2, 0.25) is 0 Å². The molecule has 0 aliphatic carbocycles. The van der Waals surface area contributed by atoms with Gasteiger partial charge in [0.1, 0.15) is 23.4 Å². The number of benzene rings is 2. The van der Waals surface area contributed by atoms with Crippen molar-refractivity contribution >= 4 is 9.84 Å². The molecular weight excluding hydrogens is 376 g/mol. The molecule has 0 unspecified atom stereocenters. The highest BCUT2D eigenvalue weighted by molar-refractivity contribution is 7.92. The first-order valence-corrected chi connectivity index (χ1v) is 8.23. The predicted octanol–water partition coefficient (Wildman–Crippen LogP) is 3.96. The largest absolute Gasteiger partial charge is 0.501 e. The Kier molecular flexibility index (Phi) is 4.92. The third kappa shape index (κ3) is 3.46. The van der Waals surface area contributed by atoms with Gasteiger partial charge in [-0.3, -0.25) is 0 Å². The minimum atomic E-state index is -5.73. The molecule has 26 heavy (non-hydrogen) atoms. The summed E-state index contributed by atoms with van der Waals surface area (Å²) in [5, 5.41) is 17.9. The fourth-order valence-electron chi connectivity index (χ4n) is 2.08. The van der Waals surface area contributed by atoms with Crippen LogP contribution in [0.5, 0.6) is 11.5 Å². The number of nitriles is 2. The summed E-state index contributed by atoms with van der Waals surface area (Å²) >= 11 is 0. The molecule has 0 spiro atoms. The highest BCUT2D eigenvalue weighted by Crippen LogP contribution is 2.36. The van der Waals surface area contributed by atoms with Crippen LogP contribution in [0.3, 0.4) is 0 Å². The first-order chi connectivity index (χ1) is 12.0. The van der Waals surface area contributed by atoms with E-state index in [1.54, 1.807) is 6.07 Å². The summed E-state index contributed by atoms with van der Waals surface area (Å²) in [5.74, 6) is -1.08. The van der Waals surface area contributed by atoms with Gasteiger partial charge >= 0.3 is 5.51 Å². The van der Waals surface area contributed by atoms with Crippen molar-refractivity contribution in [2.45, 2.75) is 17.3 Å². The van der Waals surface area contributed by atoms with E-state index >= 15 is 0 Å². The molecule has 0 saturated heterocycles. The molecule has 10 heteroatoms. The van der Waals surface area contributed by atoms with E-state index in [1.807, 2.05) is 0 Å². The van der Waals surface area contributed by atoms with Gasteiger partial charge in [-0.15, -0.1) is 0 Å². The van der Waals surface area contributed by atoms with E-state index in [2.05, 4.69) is 0 Å². The minimum absolute atomic E-state index is 0.0607. The Labute approximate surface area is 145 Å². The Balaban J connectivity index is 2.57. The van der Waals surface area contributed by atoms with Crippen LogP contribution in [-0.2, 0) is 9.84 Å². The zero-order valence-electron chi connectivity index (χ0n) is 12.9. The molecule has 0 bridgehead atoms. The molecule has 2 aromatic carbocycles. The third-order valence-corrected chi connectivity index (χ3v) is 4.84. The van der Waals surface area contributed by atoms with Crippen LogP contribution in [-0.4, -0.2) is 13.9 Å². The maximum atomic E-state index is 13.4. The minimum Gasteiger partial charge on any atom is -0.457 e. The van der Waals surface area contributed by atoms with Crippen molar-refractivity contribution in [3.05, 3.63) is 52.8 Å². The van der Waals surface area contributed by atoms with E-state index in [-0.39, 0.29) is 22.6 Å². The summed E-state index contributed by atoms with van der Waals surface area (Å²) in [4.78, 5) is -1.20. The molecule has 0 saturated carbocycles. The monoisotopic (exact) mass is 384 g/mol. The van der Waals surface area contributed by atoms with Gasteiger partial charge in [-0.1, -0.05) is 0 Å². The Bertz CT molecular complexity index is 1060. The number of hydrogen-bond donors (Lipinski definition) is 0. The average molecular weight is 384 g/mol. The molecule has 0 aromatic heterocycles. The molecule has 2 rings (SSSR count). The number of halogens is 4. The van der Waals surface area contributed by atoms with Gasteiger partial charge in [0, 0.05) is 11.6 Å². The van der Waals surface area contributed by atoms with Gasteiger partial charge in [0.25, 0.3) is 9.84 Å². The molecule has 0 radical (unpaired) electrons. The lowest BCUT2D eigenvalue weighted by Crippen LogP contribution is -2.24. The van der Waals surface area contributed by atoms with E-state index < -0.39 is 31.6 Å². The van der Waals surface area contributed by atoms with E-state index in [0.717, 1.165) is 18.2 Å². The number of nitrogens with zero attached hydrogens (tertiary/aromatic N) is 2. The molecule has 0 N–H and O–H groups in total. The van der Waals surface area contributed by atoms with Crippen molar-refractivity contribution in [2.75, 3.05) is 0 Å². The fourth-order valence-corrected chi connectivity index (χ4v) is 3.04. The first-order valence-electron chi connectivity index (χ1n) is 6.75.